The van der Waals surface area contributed by atoms with Gasteiger partial charge in [-0.2, -0.15) is 5.10 Å². The molecule has 102 valence electrons. The second-order valence-corrected chi connectivity index (χ2v) is 4.71. The summed E-state index contributed by atoms with van der Waals surface area (Å²) in [5.74, 6) is 0.775. The Bertz CT molecular complexity index is 890. The van der Waals surface area contributed by atoms with Crippen molar-refractivity contribution in [3.05, 3.63) is 61.3 Å². The molecule has 0 radical (unpaired) electrons. The van der Waals surface area contributed by atoms with Gasteiger partial charge in [-0.1, -0.05) is 0 Å². The summed E-state index contributed by atoms with van der Waals surface area (Å²) in [4.78, 5) is 8.97. The summed E-state index contributed by atoms with van der Waals surface area (Å²) in [7, 11) is 0. The molecule has 21 heavy (non-hydrogen) atoms. The lowest BCUT2D eigenvalue weighted by atomic mass is 10.2. The fourth-order valence-electron chi connectivity index (χ4n) is 2.23. The highest BCUT2D eigenvalue weighted by Crippen LogP contribution is 2.20. The molecule has 0 amide bonds. The van der Waals surface area contributed by atoms with E-state index in [0.29, 0.717) is 5.69 Å². The summed E-state index contributed by atoms with van der Waals surface area (Å²) in [5, 5.41) is 4.15. The van der Waals surface area contributed by atoms with Crippen molar-refractivity contribution in [1.82, 2.24) is 24.1 Å². The Morgan fingerprint density at radius 1 is 1.05 bits per heavy atom. The molecule has 0 aliphatic carbocycles. The van der Waals surface area contributed by atoms with E-state index in [1.54, 1.807) is 17.1 Å². The molecule has 0 aliphatic rings. The van der Waals surface area contributed by atoms with E-state index < -0.39 is 0 Å². The van der Waals surface area contributed by atoms with E-state index >= 15 is 0 Å². The number of hydrogen-bond acceptors (Lipinski definition) is 4. The van der Waals surface area contributed by atoms with Gasteiger partial charge in [-0.3, -0.25) is 0 Å². The molecule has 0 bridgehead atoms. The topological polar surface area (TPSA) is 74.0 Å². The normalized spacial score (nSPS) is 11.0. The molecule has 6 heteroatoms. The van der Waals surface area contributed by atoms with Crippen LogP contribution in [-0.4, -0.2) is 24.1 Å². The van der Waals surface area contributed by atoms with E-state index in [9.17, 15) is 0 Å². The van der Waals surface area contributed by atoms with Crippen molar-refractivity contribution < 1.29 is 0 Å². The van der Waals surface area contributed by atoms with Crippen molar-refractivity contribution in [2.24, 2.45) is 0 Å². The first kappa shape index (κ1) is 11.7. The third-order valence-electron chi connectivity index (χ3n) is 3.26. The number of aromatic nitrogens is 5. The van der Waals surface area contributed by atoms with Crippen LogP contribution in [0.15, 0.2) is 61.3 Å². The lowest BCUT2D eigenvalue weighted by molar-refractivity contribution is 0.847. The van der Waals surface area contributed by atoms with Crippen LogP contribution in [0, 0.1) is 0 Å². The van der Waals surface area contributed by atoms with Crippen LogP contribution in [0.2, 0.25) is 0 Å². The average Bonchev–Trinajstić information content (AvgIpc) is 3.16. The molecule has 0 saturated heterocycles. The lowest BCUT2D eigenvalue weighted by Gasteiger charge is -2.01. The Labute approximate surface area is 120 Å². The summed E-state index contributed by atoms with van der Waals surface area (Å²) < 4.78 is 3.63. The second-order valence-electron chi connectivity index (χ2n) is 4.71. The van der Waals surface area contributed by atoms with Crippen LogP contribution in [-0.2, 0) is 0 Å². The van der Waals surface area contributed by atoms with E-state index in [1.165, 1.54) is 0 Å². The van der Waals surface area contributed by atoms with Gasteiger partial charge in [0, 0.05) is 42.2 Å². The zero-order chi connectivity index (χ0) is 14.2. The van der Waals surface area contributed by atoms with E-state index in [2.05, 4.69) is 15.1 Å². The van der Waals surface area contributed by atoms with Crippen LogP contribution in [0.25, 0.3) is 22.7 Å². The highest BCUT2D eigenvalue weighted by molar-refractivity contribution is 5.63. The number of pyridine rings is 2. The van der Waals surface area contributed by atoms with Gasteiger partial charge < -0.3 is 10.1 Å². The third-order valence-corrected chi connectivity index (χ3v) is 3.26. The van der Waals surface area contributed by atoms with Gasteiger partial charge in [-0.05, 0) is 30.3 Å². The highest BCUT2D eigenvalue weighted by Gasteiger charge is 2.06. The van der Waals surface area contributed by atoms with Gasteiger partial charge in [0.05, 0.1) is 5.69 Å². The van der Waals surface area contributed by atoms with Gasteiger partial charge in [0.2, 0.25) is 0 Å². The summed E-state index contributed by atoms with van der Waals surface area (Å²) in [6, 6.07) is 9.49. The second kappa shape index (κ2) is 4.45. The highest BCUT2D eigenvalue weighted by atomic mass is 15.3. The Kier molecular flexibility index (Phi) is 2.47. The molecule has 0 aromatic carbocycles. The first-order valence-electron chi connectivity index (χ1n) is 6.50. The van der Waals surface area contributed by atoms with Crippen LogP contribution in [0.4, 0.5) is 5.69 Å². The van der Waals surface area contributed by atoms with E-state index in [1.807, 2.05) is 53.3 Å². The average molecular weight is 276 g/mol. The first-order valence-corrected chi connectivity index (χ1v) is 6.50. The molecule has 0 spiro atoms. The Morgan fingerprint density at radius 3 is 2.76 bits per heavy atom. The maximum Gasteiger partial charge on any atom is 0.153 e. The minimum Gasteiger partial charge on any atom is -0.398 e. The van der Waals surface area contributed by atoms with Crippen molar-refractivity contribution in [1.29, 1.82) is 0 Å². The number of fused-ring (bicyclic) bond motifs is 1. The fourth-order valence-corrected chi connectivity index (χ4v) is 2.23. The molecule has 4 aromatic rings. The molecular formula is C15H12N6. The Hall–Kier alpha value is -3.15. The van der Waals surface area contributed by atoms with Crippen LogP contribution in [0.5, 0.6) is 0 Å². The molecule has 4 aromatic heterocycles. The van der Waals surface area contributed by atoms with Gasteiger partial charge in [0.25, 0.3) is 0 Å². The Morgan fingerprint density at radius 2 is 2.00 bits per heavy atom. The lowest BCUT2D eigenvalue weighted by Crippen LogP contribution is -1.97. The molecule has 0 fully saturated rings. The van der Waals surface area contributed by atoms with Crippen LogP contribution in [0.3, 0.4) is 0 Å². The van der Waals surface area contributed by atoms with E-state index in [0.717, 1.165) is 22.7 Å². The molecule has 0 unspecified atom stereocenters. The van der Waals surface area contributed by atoms with Crippen LogP contribution < -0.4 is 5.73 Å². The van der Waals surface area contributed by atoms with Crippen LogP contribution >= 0.6 is 0 Å². The molecular weight excluding hydrogens is 264 g/mol. The maximum absolute atomic E-state index is 5.78. The largest absolute Gasteiger partial charge is 0.398 e. The predicted octanol–water partition coefficient (Wildman–Crippen LogP) is 2.16. The number of nitrogen functional groups attached to an aromatic ring is 1. The van der Waals surface area contributed by atoms with Crippen molar-refractivity contribution in [2.45, 2.75) is 0 Å². The summed E-state index contributed by atoms with van der Waals surface area (Å²) in [6.07, 6.45) is 9.16. The van der Waals surface area contributed by atoms with E-state index in [-0.39, 0.29) is 0 Å². The maximum atomic E-state index is 5.78. The van der Waals surface area contributed by atoms with Gasteiger partial charge in [0.1, 0.15) is 5.65 Å². The van der Waals surface area contributed by atoms with Crippen molar-refractivity contribution in [3.63, 3.8) is 0 Å². The summed E-state index contributed by atoms with van der Waals surface area (Å²) in [5.41, 5.74) is 9.15. The monoisotopic (exact) mass is 276 g/mol. The molecule has 4 heterocycles. The first-order chi connectivity index (χ1) is 10.3. The summed E-state index contributed by atoms with van der Waals surface area (Å²) >= 11 is 0. The molecule has 6 nitrogen and oxygen atoms in total. The smallest absolute Gasteiger partial charge is 0.153 e. The zero-order valence-electron chi connectivity index (χ0n) is 11.1. The fraction of sp³-hybridized carbons (Fsp3) is 0. The van der Waals surface area contributed by atoms with Gasteiger partial charge in [-0.15, -0.1) is 0 Å². The van der Waals surface area contributed by atoms with Gasteiger partial charge in [0.15, 0.2) is 5.82 Å². The zero-order valence-corrected chi connectivity index (χ0v) is 11.1. The molecule has 4 rings (SSSR count). The van der Waals surface area contributed by atoms with Crippen molar-refractivity contribution in [2.75, 3.05) is 5.73 Å². The van der Waals surface area contributed by atoms with Crippen molar-refractivity contribution in [3.8, 4) is 17.1 Å². The van der Waals surface area contributed by atoms with Gasteiger partial charge in [-0.25, -0.2) is 14.6 Å². The number of rotatable bonds is 2. The molecule has 0 atom stereocenters. The SMILES string of the molecule is Nc1ccc2nc(-c3ccc(-n4cccn4)nc3)cn2c1. The van der Waals surface area contributed by atoms with E-state index in [4.69, 9.17) is 5.73 Å². The minimum absolute atomic E-state index is 0.707. The van der Waals surface area contributed by atoms with Gasteiger partial charge >= 0.3 is 0 Å². The Balaban J connectivity index is 1.74. The molecule has 2 N–H and O–H groups in total. The minimum atomic E-state index is 0.707. The van der Waals surface area contributed by atoms with Crippen molar-refractivity contribution >= 4 is 11.3 Å². The number of anilines is 1. The standard InChI is InChI=1S/C15H12N6/c16-12-3-5-15-19-13(10-20(15)9-12)11-2-4-14(17-8-11)21-7-1-6-18-21/h1-10H,16H2. The number of hydrogen-bond donors (Lipinski definition) is 1. The quantitative estimate of drug-likeness (QED) is 0.609. The predicted molar refractivity (Wildman–Crippen MR) is 80.0 cm³/mol. The molecule has 0 saturated carbocycles. The number of nitrogens with two attached hydrogens (primary N) is 1. The van der Waals surface area contributed by atoms with Crippen LogP contribution in [0.1, 0.15) is 0 Å². The summed E-state index contributed by atoms with van der Waals surface area (Å²) in [6.45, 7) is 0. The molecule has 0 aliphatic heterocycles. The number of imidazole rings is 1. The number of nitrogens with zero attached hydrogens (tertiary/aromatic N) is 5. The third kappa shape index (κ3) is 2.02.